The molecule has 162 valence electrons. The lowest BCUT2D eigenvalue weighted by Crippen LogP contribution is -2.54. The molecule has 32 heavy (non-hydrogen) atoms. The minimum absolute atomic E-state index is 0.0748. The van der Waals surface area contributed by atoms with Gasteiger partial charge in [0.1, 0.15) is 5.57 Å². The van der Waals surface area contributed by atoms with Crippen LogP contribution in [-0.2, 0) is 16.0 Å². The summed E-state index contributed by atoms with van der Waals surface area (Å²) in [6.07, 6.45) is 2.41. The molecule has 1 fully saturated rings. The van der Waals surface area contributed by atoms with Crippen LogP contribution >= 0.6 is 0 Å². The van der Waals surface area contributed by atoms with Gasteiger partial charge in [0, 0.05) is 17.1 Å². The molecule has 1 aliphatic heterocycles. The Morgan fingerprint density at radius 3 is 2.28 bits per heavy atom. The normalized spacial score (nSPS) is 15.4. The second-order valence-electron chi connectivity index (χ2n) is 7.93. The van der Waals surface area contributed by atoms with Crippen LogP contribution in [0.25, 0.3) is 11.8 Å². The van der Waals surface area contributed by atoms with E-state index in [0.29, 0.717) is 5.69 Å². The Morgan fingerprint density at radius 1 is 0.938 bits per heavy atom. The zero-order chi connectivity index (χ0) is 23.0. The Bertz CT molecular complexity index is 1270. The average molecular weight is 428 g/mol. The lowest BCUT2D eigenvalue weighted by atomic mass is 10.1. The monoisotopic (exact) mass is 427 g/mol. The molecule has 3 aromatic rings. The number of nitrogens with zero attached hydrogens (tertiary/aromatic N) is 2. The van der Waals surface area contributed by atoms with Crippen LogP contribution in [0.15, 0.2) is 60.2 Å². The van der Waals surface area contributed by atoms with Gasteiger partial charge in [-0.3, -0.25) is 14.9 Å². The zero-order valence-electron chi connectivity index (χ0n) is 18.6. The number of amides is 4. The Kier molecular flexibility index (Phi) is 5.53. The molecule has 6 heteroatoms. The quantitative estimate of drug-likeness (QED) is 0.487. The van der Waals surface area contributed by atoms with Crippen molar-refractivity contribution < 1.29 is 14.4 Å². The Hall–Kier alpha value is -3.93. The zero-order valence-corrected chi connectivity index (χ0v) is 18.6. The number of carbonyl (C=O) groups excluding carboxylic acids is 3. The van der Waals surface area contributed by atoms with Crippen molar-refractivity contribution in [3.8, 4) is 5.69 Å². The topological polar surface area (TPSA) is 71.4 Å². The first-order valence-corrected chi connectivity index (χ1v) is 10.6. The van der Waals surface area contributed by atoms with E-state index in [0.717, 1.165) is 45.1 Å². The van der Waals surface area contributed by atoms with Gasteiger partial charge in [-0.1, -0.05) is 37.3 Å². The number of aryl methyl sites for hydroxylation is 3. The summed E-state index contributed by atoms with van der Waals surface area (Å²) >= 11 is 0. The van der Waals surface area contributed by atoms with Crippen molar-refractivity contribution >= 4 is 29.6 Å². The number of rotatable bonds is 4. The molecule has 0 aliphatic carbocycles. The fraction of sp³-hybridized carbons (Fsp3) is 0.192. The third kappa shape index (κ3) is 3.64. The molecule has 4 amide bonds. The van der Waals surface area contributed by atoms with Crippen LogP contribution in [-0.4, -0.2) is 22.4 Å². The summed E-state index contributed by atoms with van der Waals surface area (Å²) in [6.45, 7) is 8.00. The van der Waals surface area contributed by atoms with Crippen molar-refractivity contribution in [2.45, 2.75) is 34.1 Å². The predicted octanol–water partition coefficient (Wildman–Crippen LogP) is 4.63. The highest BCUT2D eigenvalue weighted by molar-refractivity contribution is 6.39. The second kappa shape index (κ2) is 8.30. The molecular formula is C26H25N3O3. The number of urea groups is 1. The number of imide groups is 2. The molecule has 4 rings (SSSR count). The van der Waals surface area contributed by atoms with E-state index in [1.165, 1.54) is 0 Å². The summed E-state index contributed by atoms with van der Waals surface area (Å²) in [5.74, 6) is -1.33. The number of anilines is 1. The van der Waals surface area contributed by atoms with Crippen LogP contribution in [0.4, 0.5) is 10.5 Å². The molecule has 0 unspecified atom stereocenters. The van der Waals surface area contributed by atoms with Crippen molar-refractivity contribution in [1.29, 1.82) is 0 Å². The fourth-order valence-corrected chi connectivity index (χ4v) is 4.05. The Morgan fingerprint density at radius 2 is 1.62 bits per heavy atom. The third-order valence-corrected chi connectivity index (χ3v) is 5.83. The number of nitrogens with one attached hydrogen (secondary N) is 1. The van der Waals surface area contributed by atoms with Gasteiger partial charge in [0.05, 0.1) is 5.69 Å². The lowest BCUT2D eigenvalue weighted by Gasteiger charge is -2.26. The number of hydrogen-bond donors (Lipinski definition) is 1. The SMILES string of the molecule is CCc1ccc(N2C(=O)NC(=O)/C(=C/c3cc(C)n(-c4ccccc4C)c3C)C2=O)cc1. The molecule has 0 bridgehead atoms. The van der Waals surface area contributed by atoms with Crippen LogP contribution in [0, 0.1) is 20.8 Å². The van der Waals surface area contributed by atoms with Gasteiger partial charge < -0.3 is 4.57 Å². The lowest BCUT2D eigenvalue weighted by molar-refractivity contribution is -0.122. The third-order valence-electron chi connectivity index (χ3n) is 5.83. The van der Waals surface area contributed by atoms with E-state index in [-0.39, 0.29) is 5.57 Å². The largest absolute Gasteiger partial charge is 0.335 e. The summed E-state index contributed by atoms with van der Waals surface area (Å²) in [6, 6.07) is 16.4. The molecule has 0 radical (unpaired) electrons. The summed E-state index contributed by atoms with van der Waals surface area (Å²) in [7, 11) is 0. The maximum Gasteiger partial charge on any atom is 0.335 e. The Labute approximate surface area is 187 Å². The highest BCUT2D eigenvalue weighted by Crippen LogP contribution is 2.27. The summed E-state index contributed by atoms with van der Waals surface area (Å²) in [5.41, 5.74) is 6.24. The molecule has 6 nitrogen and oxygen atoms in total. The van der Waals surface area contributed by atoms with Gasteiger partial charge in [0.2, 0.25) is 0 Å². The summed E-state index contributed by atoms with van der Waals surface area (Å²) in [4.78, 5) is 39.2. The van der Waals surface area contributed by atoms with Gasteiger partial charge >= 0.3 is 6.03 Å². The molecule has 1 aliphatic rings. The molecule has 1 N–H and O–H groups in total. The first kappa shape index (κ1) is 21.3. The minimum atomic E-state index is -0.744. The molecule has 0 atom stereocenters. The number of aromatic nitrogens is 1. The number of carbonyl (C=O) groups is 3. The van der Waals surface area contributed by atoms with E-state index in [2.05, 4.69) is 9.88 Å². The standard InChI is InChI=1S/C26H25N3O3/c1-5-19-10-12-21(13-11-19)29-25(31)22(24(30)27-26(29)32)15-20-14-17(3)28(18(20)4)23-9-7-6-8-16(23)2/h6-15H,5H2,1-4H3,(H,27,30,32)/b22-15-. The Balaban J connectivity index is 1.75. The smallest absolute Gasteiger partial charge is 0.318 e. The van der Waals surface area contributed by atoms with Gasteiger partial charge in [-0.25, -0.2) is 9.69 Å². The molecule has 1 saturated heterocycles. The maximum atomic E-state index is 13.2. The highest BCUT2D eigenvalue weighted by Gasteiger charge is 2.37. The van der Waals surface area contributed by atoms with Crippen LogP contribution < -0.4 is 10.2 Å². The fourth-order valence-electron chi connectivity index (χ4n) is 4.05. The molecular weight excluding hydrogens is 402 g/mol. The molecule has 0 spiro atoms. The summed E-state index contributed by atoms with van der Waals surface area (Å²) in [5, 5.41) is 2.29. The van der Waals surface area contributed by atoms with Crippen molar-refractivity contribution in [1.82, 2.24) is 9.88 Å². The predicted molar refractivity (Wildman–Crippen MR) is 125 cm³/mol. The first-order valence-electron chi connectivity index (χ1n) is 10.6. The van der Waals surface area contributed by atoms with E-state index < -0.39 is 17.8 Å². The number of hydrogen-bond acceptors (Lipinski definition) is 3. The van der Waals surface area contributed by atoms with E-state index >= 15 is 0 Å². The van der Waals surface area contributed by atoms with Crippen LogP contribution in [0.1, 0.15) is 35.0 Å². The van der Waals surface area contributed by atoms with E-state index in [9.17, 15) is 14.4 Å². The van der Waals surface area contributed by atoms with Crippen molar-refractivity contribution in [2.75, 3.05) is 4.90 Å². The van der Waals surface area contributed by atoms with Gasteiger partial charge in [-0.05, 0) is 74.2 Å². The van der Waals surface area contributed by atoms with Crippen LogP contribution in [0.2, 0.25) is 0 Å². The molecule has 1 aromatic heterocycles. The molecule has 2 heterocycles. The van der Waals surface area contributed by atoms with Gasteiger partial charge in [0.15, 0.2) is 0 Å². The van der Waals surface area contributed by atoms with E-state index in [4.69, 9.17) is 0 Å². The van der Waals surface area contributed by atoms with Gasteiger partial charge in [-0.2, -0.15) is 0 Å². The van der Waals surface area contributed by atoms with Crippen LogP contribution in [0.5, 0.6) is 0 Å². The first-order chi connectivity index (χ1) is 15.3. The molecule has 0 saturated carbocycles. The maximum absolute atomic E-state index is 13.2. The van der Waals surface area contributed by atoms with E-state index in [1.807, 2.05) is 70.2 Å². The molecule has 2 aromatic carbocycles. The van der Waals surface area contributed by atoms with Crippen LogP contribution in [0.3, 0.4) is 0 Å². The second-order valence-corrected chi connectivity index (χ2v) is 7.93. The van der Waals surface area contributed by atoms with Gasteiger partial charge in [-0.15, -0.1) is 0 Å². The van der Waals surface area contributed by atoms with Crippen molar-refractivity contribution in [3.05, 3.63) is 88.2 Å². The average Bonchev–Trinajstić information content (AvgIpc) is 3.04. The minimum Gasteiger partial charge on any atom is -0.318 e. The highest BCUT2D eigenvalue weighted by atomic mass is 16.2. The number of para-hydroxylation sites is 1. The van der Waals surface area contributed by atoms with E-state index in [1.54, 1.807) is 18.2 Å². The number of benzene rings is 2. The van der Waals surface area contributed by atoms with Gasteiger partial charge in [0.25, 0.3) is 11.8 Å². The van der Waals surface area contributed by atoms with Crippen molar-refractivity contribution in [2.24, 2.45) is 0 Å². The summed E-state index contributed by atoms with van der Waals surface area (Å²) < 4.78 is 2.10. The number of barbiturate groups is 1. The van der Waals surface area contributed by atoms with Crippen molar-refractivity contribution in [3.63, 3.8) is 0 Å².